The highest BCUT2D eigenvalue weighted by Crippen LogP contribution is 2.50. The van der Waals surface area contributed by atoms with E-state index in [1.807, 2.05) is 13.0 Å². The highest BCUT2D eigenvalue weighted by Gasteiger charge is 2.55. The normalized spacial score (nSPS) is 23.0. The Bertz CT molecular complexity index is 929. The lowest BCUT2D eigenvalue weighted by Crippen LogP contribution is -2.68. The number of fused-ring (bicyclic) bond motifs is 1. The number of hydrogen-bond donors (Lipinski definition) is 1. The number of nitrogens with zero attached hydrogens (tertiary/aromatic N) is 2. The summed E-state index contributed by atoms with van der Waals surface area (Å²) in [7, 11) is 0. The van der Waals surface area contributed by atoms with E-state index in [0.717, 1.165) is 49.7 Å². The van der Waals surface area contributed by atoms with E-state index in [9.17, 15) is 9.18 Å². The third kappa shape index (κ3) is 3.78. The fourth-order valence-electron chi connectivity index (χ4n) is 5.45. The standard InChI is InChI=1S/C24H30FN3O2/c1-16(23(29)27-18-5-3-2-4-6-18)28-14-24(15-28)12-19(13-24)30-22-9-10-26-21-8-7-17(25)11-20(21)22/h7-11,16,18-19H,2-6,12-15H2,1H3,(H,27,29). The lowest BCUT2D eigenvalue weighted by atomic mass is 9.61. The van der Waals surface area contributed by atoms with Gasteiger partial charge in [-0.05, 0) is 56.9 Å². The van der Waals surface area contributed by atoms with E-state index < -0.39 is 0 Å². The van der Waals surface area contributed by atoms with Gasteiger partial charge in [-0.1, -0.05) is 19.3 Å². The Hall–Kier alpha value is -2.21. The van der Waals surface area contributed by atoms with Crippen molar-refractivity contribution in [1.82, 2.24) is 15.2 Å². The number of halogens is 1. The van der Waals surface area contributed by atoms with Crippen LogP contribution in [0.1, 0.15) is 51.9 Å². The molecule has 1 saturated heterocycles. The van der Waals surface area contributed by atoms with Crippen LogP contribution in [0.25, 0.3) is 10.9 Å². The minimum absolute atomic E-state index is 0.0652. The highest BCUT2D eigenvalue weighted by molar-refractivity contribution is 5.84. The van der Waals surface area contributed by atoms with E-state index in [4.69, 9.17) is 4.74 Å². The molecule has 0 radical (unpaired) electrons. The maximum absolute atomic E-state index is 13.6. The molecule has 1 N–H and O–H groups in total. The molecule has 2 heterocycles. The van der Waals surface area contributed by atoms with Gasteiger partial charge in [0.05, 0.1) is 17.7 Å². The number of nitrogens with one attached hydrogen (secondary N) is 1. The summed E-state index contributed by atoms with van der Waals surface area (Å²) in [5.41, 5.74) is 1.02. The van der Waals surface area contributed by atoms with Crippen LogP contribution < -0.4 is 10.1 Å². The molecule has 1 spiro atoms. The van der Waals surface area contributed by atoms with Gasteiger partial charge in [0.15, 0.2) is 0 Å². The van der Waals surface area contributed by atoms with E-state index in [0.29, 0.717) is 11.8 Å². The highest BCUT2D eigenvalue weighted by atomic mass is 19.1. The van der Waals surface area contributed by atoms with Gasteiger partial charge in [-0.2, -0.15) is 0 Å². The zero-order chi connectivity index (χ0) is 20.7. The average Bonchev–Trinajstić information content (AvgIpc) is 2.69. The zero-order valence-electron chi connectivity index (χ0n) is 17.6. The maximum Gasteiger partial charge on any atom is 0.237 e. The second-order valence-corrected chi connectivity index (χ2v) is 9.54. The lowest BCUT2D eigenvalue weighted by molar-refractivity contribution is -0.149. The monoisotopic (exact) mass is 411 g/mol. The average molecular weight is 412 g/mol. The minimum atomic E-state index is -0.277. The molecule has 3 fully saturated rings. The molecule has 1 aromatic heterocycles. The summed E-state index contributed by atoms with van der Waals surface area (Å²) in [5.74, 6) is 0.602. The maximum atomic E-state index is 13.6. The van der Waals surface area contributed by atoms with Gasteiger partial charge in [0.25, 0.3) is 0 Å². The molecule has 2 aliphatic carbocycles. The number of likely N-dealkylation sites (tertiary alicyclic amines) is 1. The zero-order valence-corrected chi connectivity index (χ0v) is 17.6. The van der Waals surface area contributed by atoms with Crippen molar-refractivity contribution in [2.24, 2.45) is 5.41 Å². The predicted octanol–water partition coefficient (Wildman–Crippen LogP) is 4.05. The molecule has 160 valence electrons. The van der Waals surface area contributed by atoms with Crippen LogP contribution in [-0.4, -0.2) is 47.1 Å². The minimum Gasteiger partial charge on any atom is -0.490 e. The number of ether oxygens (including phenoxy) is 1. The Morgan fingerprint density at radius 3 is 2.77 bits per heavy atom. The summed E-state index contributed by atoms with van der Waals surface area (Å²) >= 11 is 0. The van der Waals surface area contributed by atoms with Crippen LogP contribution in [0, 0.1) is 11.2 Å². The molecule has 2 saturated carbocycles. The van der Waals surface area contributed by atoms with Crippen molar-refractivity contribution >= 4 is 16.8 Å². The molecule has 1 aliphatic heterocycles. The van der Waals surface area contributed by atoms with Crippen molar-refractivity contribution < 1.29 is 13.9 Å². The van der Waals surface area contributed by atoms with Gasteiger partial charge in [-0.25, -0.2) is 4.39 Å². The number of hydrogen-bond acceptors (Lipinski definition) is 4. The number of aromatic nitrogens is 1. The number of amides is 1. The molecule has 5 rings (SSSR count). The summed E-state index contributed by atoms with van der Waals surface area (Å²) < 4.78 is 19.8. The van der Waals surface area contributed by atoms with Crippen molar-refractivity contribution in [3.8, 4) is 5.75 Å². The molecule has 1 aromatic carbocycles. The van der Waals surface area contributed by atoms with E-state index in [2.05, 4.69) is 15.2 Å². The molecule has 0 bridgehead atoms. The summed E-state index contributed by atoms with van der Waals surface area (Å²) in [6.45, 7) is 3.94. The Balaban J connectivity index is 1.12. The largest absolute Gasteiger partial charge is 0.490 e. The van der Waals surface area contributed by atoms with E-state index in [-0.39, 0.29) is 29.3 Å². The third-order valence-corrected chi connectivity index (χ3v) is 7.23. The summed E-state index contributed by atoms with van der Waals surface area (Å²) in [4.78, 5) is 19.2. The Labute approximate surface area is 177 Å². The van der Waals surface area contributed by atoms with Crippen LogP contribution in [0.3, 0.4) is 0 Å². The van der Waals surface area contributed by atoms with Crippen LogP contribution >= 0.6 is 0 Å². The van der Waals surface area contributed by atoms with Crippen LogP contribution in [0.15, 0.2) is 30.5 Å². The van der Waals surface area contributed by atoms with E-state index in [1.165, 1.54) is 31.4 Å². The second kappa shape index (κ2) is 7.80. The lowest BCUT2D eigenvalue weighted by Gasteiger charge is -2.59. The Kier molecular flexibility index (Phi) is 5.13. The summed E-state index contributed by atoms with van der Waals surface area (Å²) in [6, 6.07) is 6.71. The molecule has 6 heteroatoms. The van der Waals surface area contributed by atoms with E-state index in [1.54, 1.807) is 12.3 Å². The molecular formula is C24H30FN3O2. The van der Waals surface area contributed by atoms with Crippen LogP contribution in [0.5, 0.6) is 5.75 Å². The molecule has 5 nitrogen and oxygen atoms in total. The smallest absolute Gasteiger partial charge is 0.237 e. The van der Waals surface area contributed by atoms with Crippen LogP contribution in [0.4, 0.5) is 4.39 Å². The number of pyridine rings is 1. The summed E-state index contributed by atoms with van der Waals surface area (Å²) in [6.07, 6.45) is 9.82. The van der Waals surface area contributed by atoms with Gasteiger partial charge in [0, 0.05) is 36.1 Å². The fourth-order valence-corrected chi connectivity index (χ4v) is 5.45. The number of carbonyl (C=O) groups is 1. The van der Waals surface area contributed by atoms with Crippen molar-refractivity contribution in [2.75, 3.05) is 13.1 Å². The molecule has 1 atom stereocenters. The quantitative estimate of drug-likeness (QED) is 0.806. The third-order valence-electron chi connectivity index (χ3n) is 7.23. The predicted molar refractivity (Wildman–Crippen MR) is 114 cm³/mol. The van der Waals surface area contributed by atoms with Crippen molar-refractivity contribution in [1.29, 1.82) is 0 Å². The number of carbonyl (C=O) groups excluding carboxylic acids is 1. The van der Waals surface area contributed by atoms with Crippen molar-refractivity contribution in [3.63, 3.8) is 0 Å². The first kappa shape index (κ1) is 19.7. The van der Waals surface area contributed by atoms with Crippen LogP contribution in [-0.2, 0) is 4.79 Å². The molecule has 2 aromatic rings. The van der Waals surface area contributed by atoms with Crippen LogP contribution in [0.2, 0.25) is 0 Å². The molecular weight excluding hydrogens is 381 g/mol. The molecule has 1 amide bonds. The first-order chi connectivity index (χ1) is 14.5. The van der Waals surface area contributed by atoms with Crippen molar-refractivity contribution in [2.45, 2.75) is 70.1 Å². The van der Waals surface area contributed by atoms with Gasteiger partial charge < -0.3 is 10.1 Å². The van der Waals surface area contributed by atoms with Gasteiger partial charge >= 0.3 is 0 Å². The molecule has 30 heavy (non-hydrogen) atoms. The summed E-state index contributed by atoms with van der Waals surface area (Å²) in [5, 5.41) is 3.98. The number of rotatable bonds is 5. The topological polar surface area (TPSA) is 54.5 Å². The van der Waals surface area contributed by atoms with E-state index >= 15 is 0 Å². The van der Waals surface area contributed by atoms with Crippen molar-refractivity contribution in [3.05, 3.63) is 36.3 Å². The number of benzene rings is 1. The van der Waals surface area contributed by atoms with Gasteiger partial charge in [-0.3, -0.25) is 14.7 Å². The van der Waals surface area contributed by atoms with Gasteiger partial charge in [0.1, 0.15) is 11.6 Å². The first-order valence-corrected chi connectivity index (χ1v) is 11.3. The SMILES string of the molecule is CC(C(=O)NC1CCCCC1)N1CC2(CC(Oc3ccnc4ccc(F)cc34)C2)C1. The molecule has 3 aliphatic rings. The van der Waals surface area contributed by atoms with Gasteiger partial charge in [-0.15, -0.1) is 0 Å². The van der Waals surface area contributed by atoms with Gasteiger partial charge in [0.2, 0.25) is 5.91 Å². The molecule has 1 unspecified atom stereocenters. The second-order valence-electron chi connectivity index (χ2n) is 9.54. The first-order valence-electron chi connectivity index (χ1n) is 11.3. The Morgan fingerprint density at radius 2 is 2.00 bits per heavy atom. The fraction of sp³-hybridized carbons (Fsp3) is 0.583. The Morgan fingerprint density at radius 1 is 1.23 bits per heavy atom.